The van der Waals surface area contributed by atoms with Crippen LogP contribution in [0.1, 0.15) is 12.0 Å². The van der Waals surface area contributed by atoms with Crippen LogP contribution in [-0.2, 0) is 21.2 Å². The molecule has 126 valence electrons. The standard InChI is InChI=1S/C14H18ClN3O4S/c15-11-3-1-10(2-4-11)7-16-13(19)8-17-14(20)18-12-5-6-23(21,22)9-12/h1-4,12H,5-9H2,(H,16,19)(H2,17,18,20). The number of rotatable bonds is 5. The Morgan fingerprint density at radius 1 is 1.17 bits per heavy atom. The lowest BCUT2D eigenvalue weighted by Gasteiger charge is -2.12. The van der Waals surface area contributed by atoms with Crippen molar-refractivity contribution >= 4 is 33.4 Å². The van der Waals surface area contributed by atoms with Crippen molar-refractivity contribution in [1.29, 1.82) is 0 Å². The van der Waals surface area contributed by atoms with Crippen LogP contribution < -0.4 is 16.0 Å². The smallest absolute Gasteiger partial charge is 0.315 e. The largest absolute Gasteiger partial charge is 0.350 e. The van der Waals surface area contributed by atoms with Crippen LogP contribution in [0, 0.1) is 0 Å². The molecule has 3 N–H and O–H groups in total. The molecule has 1 atom stereocenters. The highest BCUT2D eigenvalue weighted by molar-refractivity contribution is 7.91. The maximum absolute atomic E-state index is 11.7. The van der Waals surface area contributed by atoms with E-state index in [1.54, 1.807) is 24.3 Å². The van der Waals surface area contributed by atoms with Gasteiger partial charge in [0.15, 0.2) is 9.84 Å². The molecule has 0 radical (unpaired) electrons. The fourth-order valence-corrected chi connectivity index (χ4v) is 3.97. The molecule has 23 heavy (non-hydrogen) atoms. The molecule has 0 bridgehead atoms. The van der Waals surface area contributed by atoms with Crippen molar-refractivity contribution in [1.82, 2.24) is 16.0 Å². The van der Waals surface area contributed by atoms with E-state index in [1.165, 1.54) is 0 Å². The summed E-state index contributed by atoms with van der Waals surface area (Å²) >= 11 is 5.77. The number of carbonyl (C=O) groups excluding carboxylic acids is 2. The van der Waals surface area contributed by atoms with Gasteiger partial charge in [0, 0.05) is 17.6 Å². The van der Waals surface area contributed by atoms with Crippen LogP contribution in [0.5, 0.6) is 0 Å². The molecular formula is C14H18ClN3O4S. The molecule has 1 unspecified atom stereocenters. The van der Waals surface area contributed by atoms with E-state index in [2.05, 4.69) is 16.0 Å². The summed E-state index contributed by atoms with van der Waals surface area (Å²) in [7, 11) is -3.05. The first kappa shape index (κ1) is 17.6. The molecule has 1 heterocycles. The molecule has 1 aromatic rings. The van der Waals surface area contributed by atoms with Gasteiger partial charge in [-0.3, -0.25) is 4.79 Å². The van der Waals surface area contributed by atoms with Crippen LogP contribution in [0.4, 0.5) is 4.79 Å². The van der Waals surface area contributed by atoms with Crippen LogP contribution in [0.2, 0.25) is 5.02 Å². The topological polar surface area (TPSA) is 104 Å². The fourth-order valence-electron chi connectivity index (χ4n) is 2.17. The van der Waals surface area contributed by atoms with Crippen molar-refractivity contribution in [2.24, 2.45) is 0 Å². The van der Waals surface area contributed by atoms with Gasteiger partial charge in [0.05, 0.1) is 18.1 Å². The van der Waals surface area contributed by atoms with Crippen molar-refractivity contribution in [2.75, 3.05) is 18.1 Å². The third-order valence-corrected chi connectivity index (χ3v) is 5.40. The summed E-state index contributed by atoms with van der Waals surface area (Å²) in [6.07, 6.45) is 0.401. The van der Waals surface area contributed by atoms with Crippen molar-refractivity contribution < 1.29 is 18.0 Å². The number of hydrogen-bond acceptors (Lipinski definition) is 4. The molecule has 1 aliphatic heterocycles. The van der Waals surface area contributed by atoms with Crippen molar-refractivity contribution in [3.05, 3.63) is 34.9 Å². The highest BCUT2D eigenvalue weighted by Crippen LogP contribution is 2.11. The van der Waals surface area contributed by atoms with Gasteiger partial charge in [-0.2, -0.15) is 0 Å². The highest BCUT2D eigenvalue weighted by Gasteiger charge is 2.28. The molecule has 0 aromatic heterocycles. The van der Waals surface area contributed by atoms with Crippen LogP contribution in [0.15, 0.2) is 24.3 Å². The Labute approximate surface area is 139 Å². The van der Waals surface area contributed by atoms with Crippen LogP contribution in [0.25, 0.3) is 0 Å². The number of urea groups is 1. The van der Waals surface area contributed by atoms with E-state index in [1.807, 2.05) is 0 Å². The second kappa shape index (κ2) is 7.65. The summed E-state index contributed by atoms with van der Waals surface area (Å²) in [6, 6.07) is 6.10. The molecule has 0 aliphatic carbocycles. The monoisotopic (exact) mass is 359 g/mol. The summed E-state index contributed by atoms with van der Waals surface area (Å²) in [4.78, 5) is 23.3. The molecule has 3 amide bonds. The number of amides is 3. The lowest BCUT2D eigenvalue weighted by molar-refractivity contribution is -0.120. The lowest BCUT2D eigenvalue weighted by Crippen LogP contribution is -2.46. The Balaban J connectivity index is 1.66. The summed E-state index contributed by atoms with van der Waals surface area (Å²) in [5.41, 5.74) is 0.892. The normalized spacial score (nSPS) is 19.1. The first-order valence-corrected chi connectivity index (χ1v) is 9.30. The van der Waals surface area contributed by atoms with Gasteiger partial charge in [-0.25, -0.2) is 13.2 Å². The molecule has 9 heteroatoms. The fraction of sp³-hybridized carbons (Fsp3) is 0.429. The summed E-state index contributed by atoms with van der Waals surface area (Å²) in [5.74, 6) is -0.308. The van der Waals surface area contributed by atoms with E-state index >= 15 is 0 Å². The number of benzene rings is 1. The number of sulfone groups is 1. The molecule has 1 aliphatic rings. The predicted octanol–water partition coefficient (Wildman–Crippen LogP) is 0.443. The van der Waals surface area contributed by atoms with E-state index in [0.29, 0.717) is 18.0 Å². The molecule has 2 rings (SSSR count). The number of nitrogens with one attached hydrogen (secondary N) is 3. The van der Waals surface area contributed by atoms with Crippen molar-refractivity contribution in [2.45, 2.75) is 19.0 Å². The first-order chi connectivity index (χ1) is 10.8. The third kappa shape index (κ3) is 6.07. The maximum atomic E-state index is 11.7. The average Bonchev–Trinajstić information content (AvgIpc) is 2.83. The summed E-state index contributed by atoms with van der Waals surface area (Å²) in [6.45, 7) is 0.152. The molecule has 0 spiro atoms. The number of halogens is 1. The van der Waals surface area contributed by atoms with Gasteiger partial charge in [-0.05, 0) is 24.1 Å². The quantitative estimate of drug-likeness (QED) is 0.709. The predicted molar refractivity (Wildman–Crippen MR) is 86.9 cm³/mol. The van der Waals surface area contributed by atoms with E-state index < -0.39 is 21.9 Å². The Morgan fingerprint density at radius 3 is 2.48 bits per heavy atom. The minimum atomic E-state index is -3.05. The Morgan fingerprint density at radius 2 is 1.87 bits per heavy atom. The molecular weight excluding hydrogens is 342 g/mol. The van der Waals surface area contributed by atoms with Gasteiger partial charge in [0.25, 0.3) is 0 Å². The minimum Gasteiger partial charge on any atom is -0.350 e. The first-order valence-electron chi connectivity index (χ1n) is 7.10. The minimum absolute atomic E-state index is 0.0524. The van der Waals surface area contributed by atoms with Crippen LogP contribution in [-0.4, -0.2) is 44.4 Å². The van der Waals surface area contributed by atoms with Crippen LogP contribution in [0.3, 0.4) is 0 Å². The average molecular weight is 360 g/mol. The molecule has 1 saturated heterocycles. The van der Waals surface area contributed by atoms with Gasteiger partial charge in [0.2, 0.25) is 5.91 Å². The van der Waals surface area contributed by atoms with E-state index in [9.17, 15) is 18.0 Å². The Bertz CT molecular complexity index is 676. The maximum Gasteiger partial charge on any atom is 0.315 e. The van der Waals surface area contributed by atoms with Crippen molar-refractivity contribution in [3.63, 3.8) is 0 Å². The van der Waals surface area contributed by atoms with E-state index in [0.717, 1.165) is 5.56 Å². The Hall–Kier alpha value is -1.80. The van der Waals surface area contributed by atoms with Crippen molar-refractivity contribution in [3.8, 4) is 0 Å². The second-order valence-corrected chi connectivity index (χ2v) is 8.00. The second-order valence-electron chi connectivity index (χ2n) is 5.33. The number of carbonyl (C=O) groups is 2. The zero-order chi connectivity index (χ0) is 16.9. The van der Waals surface area contributed by atoms with E-state index in [-0.39, 0.29) is 24.0 Å². The zero-order valence-corrected chi connectivity index (χ0v) is 13.9. The summed E-state index contributed by atoms with van der Waals surface area (Å²) in [5, 5.41) is 8.23. The Kier molecular flexibility index (Phi) is 5.84. The molecule has 1 aromatic carbocycles. The van der Waals surface area contributed by atoms with Gasteiger partial charge < -0.3 is 16.0 Å². The van der Waals surface area contributed by atoms with Gasteiger partial charge >= 0.3 is 6.03 Å². The SMILES string of the molecule is O=C(CNC(=O)NC1CCS(=O)(=O)C1)NCc1ccc(Cl)cc1. The number of hydrogen-bond donors (Lipinski definition) is 3. The van der Waals surface area contributed by atoms with Crippen LogP contribution >= 0.6 is 11.6 Å². The zero-order valence-electron chi connectivity index (χ0n) is 12.3. The highest BCUT2D eigenvalue weighted by atomic mass is 35.5. The molecule has 1 fully saturated rings. The van der Waals surface area contributed by atoms with E-state index in [4.69, 9.17) is 11.6 Å². The van der Waals surface area contributed by atoms with Gasteiger partial charge in [-0.15, -0.1) is 0 Å². The van der Waals surface area contributed by atoms with Gasteiger partial charge in [-0.1, -0.05) is 23.7 Å². The molecule has 7 nitrogen and oxygen atoms in total. The van der Waals surface area contributed by atoms with Gasteiger partial charge in [0.1, 0.15) is 0 Å². The molecule has 0 saturated carbocycles. The third-order valence-electron chi connectivity index (χ3n) is 3.38. The lowest BCUT2D eigenvalue weighted by atomic mass is 10.2. The summed E-state index contributed by atoms with van der Waals surface area (Å²) < 4.78 is 22.6.